The van der Waals surface area contributed by atoms with Crippen LogP contribution in [0, 0.1) is 0 Å². The zero-order valence-corrected chi connectivity index (χ0v) is 12.2. The van der Waals surface area contributed by atoms with Crippen LogP contribution in [-0.2, 0) is 10.0 Å². The van der Waals surface area contributed by atoms with E-state index in [9.17, 15) is 8.42 Å². The molecule has 0 bridgehead atoms. The summed E-state index contributed by atoms with van der Waals surface area (Å²) in [5.41, 5.74) is 1.50. The van der Waals surface area contributed by atoms with Crippen molar-refractivity contribution in [1.29, 1.82) is 0 Å². The molecular formula is C15H13N3O2S. The predicted octanol–water partition coefficient (Wildman–Crippen LogP) is 2.10. The van der Waals surface area contributed by atoms with Gasteiger partial charge in [-0.3, -0.25) is 0 Å². The van der Waals surface area contributed by atoms with E-state index in [1.165, 1.54) is 5.01 Å². The largest absolute Gasteiger partial charge is 0.285 e. The van der Waals surface area contributed by atoms with Crippen molar-refractivity contribution in [3.63, 3.8) is 0 Å². The van der Waals surface area contributed by atoms with Crippen LogP contribution in [0.3, 0.4) is 0 Å². The minimum atomic E-state index is -3.61. The number of nitrogens with zero attached hydrogens (tertiary/aromatic N) is 3. The molecule has 0 N–H and O–H groups in total. The van der Waals surface area contributed by atoms with Crippen LogP contribution in [0.1, 0.15) is 11.1 Å². The van der Waals surface area contributed by atoms with Crippen LogP contribution >= 0.6 is 0 Å². The van der Waals surface area contributed by atoms with E-state index in [2.05, 4.69) is 9.50 Å². The molecular weight excluding hydrogens is 286 g/mol. The fraction of sp³-hybridized carbons (Fsp3) is 0.0667. The van der Waals surface area contributed by atoms with Crippen molar-refractivity contribution in [3.8, 4) is 0 Å². The monoisotopic (exact) mass is 299 g/mol. The van der Waals surface area contributed by atoms with E-state index in [4.69, 9.17) is 0 Å². The van der Waals surface area contributed by atoms with Crippen LogP contribution in [0.2, 0.25) is 0 Å². The van der Waals surface area contributed by atoms with Gasteiger partial charge in [-0.15, -0.1) is 4.40 Å². The topological polar surface area (TPSA) is 62.1 Å². The molecule has 0 radical (unpaired) electrons. The van der Waals surface area contributed by atoms with E-state index in [-0.39, 0.29) is 4.90 Å². The van der Waals surface area contributed by atoms with E-state index < -0.39 is 10.0 Å². The van der Waals surface area contributed by atoms with E-state index in [0.717, 1.165) is 5.56 Å². The van der Waals surface area contributed by atoms with E-state index >= 15 is 0 Å². The van der Waals surface area contributed by atoms with Gasteiger partial charge in [0.1, 0.15) is 4.90 Å². The molecule has 5 nitrogen and oxygen atoms in total. The molecule has 0 saturated carbocycles. The molecule has 2 aromatic rings. The van der Waals surface area contributed by atoms with Gasteiger partial charge in [0.2, 0.25) is 0 Å². The average molecular weight is 299 g/mol. The predicted molar refractivity (Wildman–Crippen MR) is 82.0 cm³/mol. The summed E-state index contributed by atoms with van der Waals surface area (Å²) in [7, 11) is -1.93. The van der Waals surface area contributed by atoms with Gasteiger partial charge in [-0.25, -0.2) is 5.01 Å². The van der Waals surface area contributed by atoms with Gasteiger partial charge < -0.3 is 0 Å². The Morgan fingerprint density at radius 1 is 1.05 bits per heavy atom. The number of amidine groups is 1. The maximum Gasteiger partial charge on any atom is 0.285 e. The molecule has 2 aromatic carbocycles. The molecule has 3 rings (SSSR count). The Morgan fingerprint density at radius 3 is 2.48 bits per heavy atom. The molecule has 1 aliphatic heterocycles. The Hall–Kier alpha value is -2.47. The van der Waals surface area contributed by atoms with Gasteiger partial charge in [0.15, 0.2) is 5.84 Å². The van der Waals surface area contributed by atoms with Crippen LogP contribution < -0.4 is 0 Å². The summed E-state index contributed by atoms with van der Waals surface area (Å²) < 4.78 is 27.8. The number of hydrogen-bond donors (Lipinski definition) is 0. The number of rotatable bonds is 2. The highest BCUT2D eigenvalue weighted by Gasteiger charge is 2.30. The fourth-order valence-electron chi connectivity index (χ4n) is 2.07. The molecule has 21 heavy (non-hydrogen) atoms. The van der Waals surface area contributed by atoms with Crippen LogP contribution in [0.25, 0.3) is 0 Å². The second-order valence-corrected chi connectivity index (χ2v) is 6.14. The lowest BCUT2D eigenvalue weighted by Gasteiger charge is -2.12. The molecule has 6 heteroatoms. The first kappa shape index (κ1) is 13.5. The number of benzene rings is 2. The summed E-state index contributed by atoms with van der Waals surface area (Å²) in [5, 5.41) is 5.72. The molecule has 106 valence electrons. The van der Waals surface area contributed by atoms with Crippen molar-refractivity contribution in [2.24, 2.45) is 9.50 Å². The van der Waals surface area contributed by atoms with E-state index in [1.807, 2.05) is 30.3 Å². The molecule has 0 unspecified atom stereocenters. The smallest absolute Gasteiger partial charge is 0.250 e. The summed E-state index contributed by atoms with van der Waals surface area (Å²) in [6, 6.07) is 16.3. The van der Waals surface area contributed by atoms with Gasteiger partial charge in [0.25, 0.3) is 10.0 Å². The van der Waals surface area contributed by atoms with E-state index in [0.29, 0.717) is 11.4 Å². The fourth-order valence-corrected chi connectivity index (χ4v) is 3.30. The number of hydrogen-bond acceptors (Lipinski definition) is 4. The highest BCUT2D eigenvalue weighted by atomic mass is 32.2. The minimum Gasteiger partial charge on any atom is -0.250 e. The summed E-state index contributed by atoms with van der Waals surface area (Å²) in [6.07, 6.45) is 1.66. The normalized spacial score (nSPS) is 15.8. The van der Waals surface area contributed by atoms with Crippen LogP contribution in [-0.4, -0.2) is 32.5 Å². The van der Waals surface area contributed by atoms with Crippen molar-refractivity contribution in [1.82, 2.24) is 5.01 Å². The molecule has 0 fully saturated rings. The Balaban J connectivity index is 1.93. The van der Waals surface area contributed by atoms with Crippen LogP contribution in [0.5, 0.6) is 0 Å². The minimum absolute atomic E-state index is 0.224. The summed E-state index contributed by atoms with van der Waals surface area (Å²) in [4.78, 5) is 0.224. The SMILES string of the molecule is CN(N=Cc1ccccc1)C1=NS(=O)(=O)c2ccccc21. The maximum absolute atomic E-state index is 12.0. The first-order valence-corrected chi connectivity index (χ1v) is 7.79. The second kappa shape index (κ2) is 5.14. The van der Waals surface area contributed by atoms with Gasteiger partial charge >= 0.3 is 0 Å². The summed E-state index contributed by atoms with van der Waals surface area (Å²) in [6.45, 7) is 0. The Kier molecular flexibility index (Phi) is 3.31. The quantitative estimate of drug-likeness (QED) is 0.630. The highest BCUT2D eigenvalue weighted by molar-refractivity contribution is 7.90. The molecule has 0 spiro atoms. The van der Waals surface area contributed by atoms with Gasteiger partial charge in [-0.05, 0) is 17.7 Å². The third-order valence-corrected chi connectivity index (χ3v) is 4.42. The van der Waals surface area contributed by atoms with Crippen molar-refractivity contribution in [2.45, 2.75) is 4.90 Å². The zero-order valence-electron chi connectivity index (χ0n) is 11.3. The van der Waals surface area contributed by atoms with Gasteiger partial charge in [-0.2, -0.15) is 13.5 Å². The lowest BCUT2D eigenvalue weighted by molar-refractivity contribution is 0.549. The molecule has 0 saturated heterocycles. The molecule has 0 aromatic heterocycles. The van der Waals surface area contributed by atoms with Crippen molar-refractivity contribution >= 4 is 22.1 Å². The number of sulfonamides is 1. The average Bonchev–Trinajstić information content (AvgIpc) is 2.78. The molecule has 1 aliphatic rings. The van der Waals surface area contributed by atoms with Gasteiger partial charge in [0, 0.05) is 12.6 Å². The highest BCUT2D eigenvalue weighted by Crippen LogP contribution is 2.26. The molecule has 0 atom stereocenters. The van der Waals surface area contributed by atoms with Crippen molar-refractivity contribution in [2.75, 3.05) is 7.05 Å². The Bertz CT molecular complexity index is 827. The Labute approximate surface area is 123 Å². The Morgan fingerprint density at radius 2 is 1.71 bits per heavy atom. The summed E-state index contributed by atoms with van der Waals surface area (Å²) >= 11 is 0. The standard InChI is InChI=1S/C15H13N3O2S/c1-18(16-11-12-7-3-2-4-8-12)15-13-9-5-6-10-14(13)21(19,20)17-15/h2-11H,1H3. The van der Waals surface area contributed by atoms with Crippen LogP contribution in [0.15, 0.2) is 69.0 Å². The van der Waals surface area contributed by atoms with Crippen molar-refractivity contribution < 1.29 is 8.42 Å². The number of fused-ring (bicyclic) bond motifs is 1. The zero-order chi connectivity index (χ0) is 14.9. The van der Waals surface area contributed by atoms with Crippen molar-refractivity contribution in [3.05, 3.63) is 65.7 Å². The third-order valence-electron chi connectivity index (χ3n) is 3.10. The van der Waals surface area contributed by atoms with Gasteiger partial charge in [0.05, 0.1) is 6.21 Å². The second-order valence-electron chi connectivity index (χ2n) is 4.56. The maximum atomic E-state index is 12.0. The number of hydrazone groups is 1. The van der Waals surface area contributed by atoms with E-state index in [1.54, 1.807) is 37.5 Å². The first-order valence-electron chi connectivity index (χ1n) is 6.35. The lowest BCUT2D eigenvalue weighted by atomic mass is 10.2. The molecule has 0 amide bonds. The van der Waals surface area contributed by atoms with Crippen LogP contribution in [0.4, 0.5) is 0 Å². The molecule has 1 heterocycles. The molecule has 0 aliphatic carbocycles. The third kappa shape index (κ3) is 2.57. The summed E-state index contributed by atoms with van der Waals surface area (Å²) in [5.74, 6) is 0.331. The lowest BCUT2D eigenvalue weighted by Crippen LogP contribution is -2.21. The first-order chi connectivity index (χ1) is 10.1. The van der Waals surface area contributed by atoms with Gasteiger partial charge in [-0.1, -0.05) is 42.5 Å².